The molecule has 80 valence electrons. The number of imide groups is 1. The Morgan fingerprint density at radius 1 is 1.43 bits per heavy atom. The fraction of sp³-hybridized carbons (Fsp3) is 0.800. The lowest BCUT2D eigenvalue weighted by atomic mass is 10.3. The summed E-state index contributed by atoms with van der Waals surface area (Å²) in [4.78, 5) is 24.2. The highest BCUT2D eigenvalue weighted by atomic mass is 16.2. The molecule has 0 bridgehead atoms. The molecule has 14 heavy (non-hydrogen) atoms. The van der Waals surface area contributed by atoms with E-state index in [1.54, 1.807) is 11.9 Å². The fourth-order valence-corrected chi connectivity index (χ4v) is 1.15. The Bertz CT molecular complexity index is 224. The molecule has 1 fully saturated rings. The number of nitrogens with zero attached hydrogens (tertiary/aromatic N) is 1. The van der Waals surface area contributed by atoms with E-state index >= 15 is 0 Å². The van der Waals surface area contributed by atoms with Crippen LogP contribution in [0.2, 0.25) is 0 Å². The standard InChI is InChI=1S/C10H18N2O2/c1-3-4-7-12(2)10(14)11-9(13)8-5-6-8/h8H,3-7H2,1-2H3,(H,11,13,14). The molecular weight excluding hydrogens is 180 g/mol. The number of hydrogen-bond acceptors (Lipinski definition) is 2. The van der Waals surface area contributed by atoms with Crippen molar-refractivity contribution in [2.24, 2.45) is 5.92 Å². The van der Waals surface area contributed by atoms with Crippen LogP contribution in [0.3, 0.4) is 0 Å². The Morgan fingerprint density at radius 2 is 2.07 bits per heavy atom. The van der Waals surface area contributed by atoms with Crippen LogP contribution in [0.1, 0.15) is 32.6 Å². The van der Waals surface area contributed by atoms with Gasteiger partial charge in [-0.25, -0.2) is 4.79 Å². The molecule has 0 aromatic heterocycles. The number of urea groups is 1. The van der Waals surface area contributed by atoms with Gasteiger partial charge >= 0.3 is 6.03 Å². The highest BCUT2D eigenvalue weighted by Crippen LogP contribution is 2.28. The van der Waals surface area contributed by atoms with Gasteiger partial charge in [0.1, 0.15) is 0 Å². The van der Waals surface area contributed by atoms with Gasteiger partial charge in [0.2, 0.25) is 5.91 Å². The molecular formula is C10H18N2O2. The Labute approximate surface area is 84.7 Å². The molecule has 4 heteroatoms. The molecule has 0 atom stereocenters. The van der Waals surface area contributed by atoms with E-state index in [2.05, 4.69) is 12.2 Å². The zero-order valence-electron chi connectivity index (χ0n) is 8.88. The van der Waals surface area contributed by atoms with Gasteiger partial charge in [0, 0.05) is 19.5 Å². The first kappa shape index (κ1) is 11.0. The van der Waals surface area contributed by atoms with E-state index in [1.807, 2.05) is 0 Å². The third kappa shape index (κ3) is 3.36. The van der Waals surface area contributed by atoms with Crippen LogP contribution in [0, 0.1) is 5.92 Å². The fourth-order valence-electron chi connectivity index (χ4n) is 1.15. The maximum absolute atomic E-state index is 11.4. The maximum atomic E-state index is 11.4. The second-order valence-electron chi connectivity index (χ2n) is 3.84. The van der Waals surface area contributed by atoms with E-state index in [4.69, 9.17) is 0 Å². The van der Waals surface area contributed by atoms with Gasteiger partial charge in [-0.05, 0) is 19.3 Å². The molecule has 3 amide bonds. The summed E-state index contributed by atoms with van der Waals surface area (Å²) < 4.78 is 0. The van der Waals surface area contributed by atoms with E-state index in [9.17, 15) is 9.59 Å². The average molecular weight is 198 g/mol. The lowest BCUT2D eigenvalue weighted by molar-refractivity contribution is -0.121. The highest BCUT2D eigenvalue weighted by Gasteiger charge is 2.31. The van der Waals surface area contributed by atoms with Crippen LogP contribution in [0.5, 0.6) is 0 Å². The third-order valence-corrected chi connectivity index (χ3v) is 2.37. The van der Waals surface area contributed by atoms with Gasteiger partial charge in [0.25, 0.3) is 0 Å². The van der Waals surface area contributed by atoms with Crippen molar-refractivity contribution in [2.75, 3.05) is 13.6 Å². The van der Waals surface area contributed by atoms with Crippen molar-refractivity contribution in [3.63, 3.8) is 0 Å². The minimum absolute atomic E-state index is 0.0959. The minimum Gasteiger partial charge on any atom is -0.328 e. The van der Waals surface area contributed by atoms with E-state index in [-0.39, 0.29) is 17.9 Å². The molecule has 0 heterocycles. The van der Waals surface area contributed by atoms with Gasteiger partial charge in [-0.2, -0.15) is 0 Å². The summed E-state index contributed by atoms with van der Waals surface area (Å²) in [6.45, 7) is 2.78. The molecule has 1 aliphatic rings. The summed E-state index contributed by atoms with van der Waals surface area (Å²) in [5.41, 5.74) is 0. The van der Waals surface area contributed by atoms with Gasteiger partial charge < -0.3 is 4.90 Å². The van der Waals surface area contributed by atoms with E-state index in [0.717, 1.165) is 25.7 Å². The van der Waals surface area contributed by atoms with Gasteiger partial charge in [0.15, 0.2) is 0 Å². The molecule has 4 nitrogen and oxygen atoms in total. The van der Waals surface area contributed by atoms with E-state index in [0.29, 0.717) is 6.54 Å². The predicted octanol–water partition coefficient (Wildman–Crippen LogP) is 1.36. The maximum Gasteiger partial charge on any atom is 0.323 e. The van der Waals surface area contributed by atoms with Crippen molar-refractivity contribution < 1.29 is 9.59 Å². The smallest absolute Gasteiger partial charge is 0.323 e. The molecule has 1 N–H and O–H groups in total. The largest absolute Gasteiger partial charge is 0.328 e. The van der Waals surface area contributed by atoms with Crippen molar-refractivity contribution in [1.29, 1.82) is 0 Å². The summed E-state index contributed by atoms with van der Waals surface area (Å²) >= 11 is 0. The summed E-state index contributed by atoms with van der Waals surface area (Å²) in [7, 11) is 1.71. The second kappa shape index (κ2) is 4.98. The number of rotatable bonds is 4. The molecule has 0 unspecified atom stereocenters. The van der Waals surface area contributed by atoms with Crippen molar-refractivity contribution in [3.8, 4) is 0 Å². The van der Waals surface area contributed by atoms with Gasteiger partial charge in [-0.3, -0.25) is 10.1 Å². The number of hydrogen-bond donors (Lipinski definition) is 1. The van der Waals surface area contributed by atoms with Crippen molar-refractivity contribution in [3.05, 3.63) is 0 Å². The summed E-state index contributed by atoms with van der Waals surface area (Å²) in [5, 5.41) is 2.40. The van der Waals surface area contributed by atoms with Crippen LogP contribution < -0.4 is 5.32 Å². The monoisotopic (exact) mass is 198 g/mol. The van der Waals surface area contributed by atoms with Gasteiger partial charge in [0.05, 0.1) is 0 Å². The Kier molecular flexibility index (Phi) is 3.92. The van der Waals surface area contributed by atoms with Gasteiger partial charge in [-0.15, -0.1) is 0 Å². The normalized spacial score (nSPS) is 15.0. The summed E-state index contributed by atoms with van der Waals surface area (Å²) in [6.07, 6.45) is 3.88. The molecule has 0 aliphatic heterocycles. The number of carbonyl (C=O) groups excluding carboxylic acids is 2. The van der Waals surface area contributed by atoms with Crippen LogP contribution >= 0.6 is 0 Å². The Balaban J connectivity index is 2.21. The van der Waals surface area contributed by atoms with Crippen LogP contribution in [0.15, 0.2) is 0 Å². The predicted molar refractivity (Wildman–Crippen MR) is 53.8 cm³/mol. The number of nitrogens with one attached hydrogen (secondary N) is 1. The molecule has 1 aliphatic carbocycles. The highest BCUT2D eigenvalue weighted by molar-refractivity contribution is 5.96. The first-order valence-electron chi connectivity index (χ1n) is 5.21. The Morgan fingerprint density at radius 3 is 2.57 bits per heavy atom. The number of amides is 3. The van der Waals surface area contributed by atoms with Crippen molar-refractivity contribution >= 4 is 11.9 Å². The zero-order chi connectivity index (χ0) is 10.6. The first-order valence-corrected chi connectivity index (χ1v) is 5.21. The molecule has 1 saturated carbocycles. The second-order valence-corrected chi connectivity index (χ2v) is 3.84. The minimum atomic E-state index is -0.268. The molecule has 0 radical (unpaired) electrons. The molecule has 0 aromatic rings. The van der Waals surface area contributed by atoms with Crippen LogP contribution in [0.4, 0.5) is 4.79 Å². The molecule has 0 spiro atoms. The molecule has 0 saturated heterocycles. The summed E-state index contributed by atoms with van der Waals surface area (Å²) in [6, 6.07) is -0.268. The van der Waals surface area contributed by atoms with Gasteiger partial charge in [-0.1, -0.05) is 13.3 Å². The SMILES string of the molecule is CCCCN(C)C(=O)NC(=O)C1CC1. The lowest BCUT2D eigenvalue weighted by Crippen LogP contribution is -2.41. The quantitative estimate of drug-likeness (QED) is 0.741. The Hall–Kier alpha value is -1.06. The lowest BCUT2D eigenvalue weighted by Gasteiger charge is -2.16. The van der Waals surface area contributed by atoms with Crippen molar-refractivity contribution in [2.45, 2.75) is 32.6 Å². The van der Waals surface area contributed by atoms with Crippen LogP contribution in [-0.4, -0.2) is 30.4 Å². The van der Waals surface area contributed by atoms with Crippen LogP contribution in [-0.2, 0) is 4.79 Å². The molecule has 1 rings (SSSR count). The van der Waals surface area contributed by atoms with E-state index in [1.165, 1.54) is 0 Å². The topological polar surface area (TPSA) is 49.4 Å². The molecule has 0 aromatic carbocycles. The summed E-state index contributed by atoms with van der Waals surface area (Å²) in [5.74, 6) is -0.0168. The number of unbranched alkanes of at least 4 members (excludes halogenated alkanes) is 1. The third-order valence-electron chi connectivity index (χ3n) is 2.37. The van der Waals surface area contributed by atoms with E-state index < -0.39 is 0 Å². The average Bonchev–Trinajstić information content (AvgIpc) is 2.96. The zero-order valence-corrected chi connectivity index (χ0v) is 8.88. The van der Waals surface area contributed by atoms with Crippen molar-refractivity contribution in [1.82, 2.24) is 10.2 Å². The number of carbonyl (C=O) groups is 2. The first-order chi connectivity index (χ1) is 6.65. The van der Waals surface area contributed by atoms with Crippen LogP contribution in [0.25, 0.3) is 0 Å².